The molecule has 0 aliphatic heterocycles. The second-order valence-corrected chi connectivity index (χ2v) is 3.44. The molecule has 0 amide bonds. The van der Waals surface area contributed by atoms with E-state index in [0.29, 0.717) is 17.2 Å². The summed E-state index contributed by atoms with van der Waals surface area (Å²) < 4.78 is 23.8. The Labute approximate surface area is 98.6 Å². The van der Waals surface area contributed by atoms with E-state index in [1.807, 2.05) is 0 Å². The van der Waals surface area contributed by atoms with Crippen molar-refractivity contribution < 1.29 is 13.9 Å². The predicted molar refractivity (Wildman–Crippen MR) is 63.9 cm³/mol. The van der Waals surface area contributed by atoms with Crippen LogP contribution in [0.5, 0.6) is 17.2 Å². The predicted octanol–water partition coefficient (Wildman–Crippen LogP) is 3.21. The highest BCUT2D eigenvalue weighted by atomic mass is 19.1. The van der Waals surface area contributed by atoms with E-state index < -0.39 is 5.82 Å². The molecule has 0 spiro atoms. The second-order valence-electron chi connectivity index (χ2n) is 3.44. The summed E-state index contributed by atoms with van der Waals surface area (Å²) in [4.78, 5) is 0. The molecular formula is C13H12FNO2. The Balaban J connectivity index is 2.28. The maximum atomic E-state index is 13.4. The number of para-hydroxylation sites is 1. The van der Waals surface area contributed by atoms with Crippen LogP contribution in [0.2, 0.25) is 0 Å². The number of methoxy groups -OCH3 is 1. The Hall–Kier alpha value is -2.23. The van der Waals surface area contributed by atoms with Gasteiger partial charge in [0.25, 0.3) is 0 Å². The molecule has 0 unspecified atom stereocenters. The molecule has 0 bridgehead atoms. The fourth-order valence-corrected chi connectivity index (χ4v) is 1.41. The zero-order chi connectivity index (χ0) is 12.3. The van der Waals surface area contributed by atoms with Gasteiger partial charge < -0.3 is 15.2 Å². The summed E-state index contributed by atoms with van der Waals surface area (Å²) in [6.07, 6.45) is 0. The standard InChI is InChI=1S/C13H12FNO2/c1-16-13-8-9(6-7-11(13)15)17-12-5-3-2-4-10(12)14/h2-8H,15H2,1H3. The van der Waals surface area contributed by atoms with Crippen LogP contribution in [0.15, 0.2) is 42.5 Å². The summed E-state index contributed by atoms with van der Waals surface area (Å²) in [7, 11) is 1.51. The van der Waals surface area contributed by atoms with Gasteiger partial charge in [0.15, 0.2) is 11.6 Å². The van der Waals surface area contributed by atoms with Crippen LogP contribution < -0.4 is 15.2 Å². The molecule has 0 heterocycles. The Morgan fingerprint density at radius 3 is 2.53 bits per heavy atom. The van der Waals surface area contributed by atoms with Crippen LogP contribution in [0.25, 0.3) is 0 Å². The highest BCUT2D eigenvalue weighted by Gasteiger charge is 2.06. The SMILES string of the molecule is COc1cc(Oc2ccccc2F)ccc1N. The van der Waals surface area contributed by atoms with Crippen LogP contribution in [-0.2, 0) is 0 Å². The molecule has 2 aromatic carbocycles. The van der Waals surface area contributed by atoms with Crippen molar-refractivity contribution in [1.29, 1.82) is 0 Å². The largest absolute Gasteiger partial charge is 0.494 e. The van der Waals surface area contributed by atoms with Crippen LogP contribution in [0.4, 0.5) is 10.1 Å². The van der Waals surface area contributed by atoms with Crippen molar-refractivity contribution in [2.24, 2.45) is 0 Å². The van der Waals surface area contributed by atoms with Crippen molar-refractivity contribution in [2.75, 3.05) is 12.8 Å². The number of halogens is 1. The van der Waals surface area contributed by atoms with Gasteiger partial charge >= 0.3 is 0 Å². The first-order chi connectivity index (χ1) is 8.20. The summed E-state index contributed by atoms with van der Waals surface area (Å²) in [6.45, 7) is 0. The highest BCUT2D eigenvalue weighted by molar-refractivity contribution is 5.56. The fourth-order valence-electron chi connectivity index (χ4n) is 1.41. The number of anilines is 1. The lowest BCUT2D eigenvalue weighted by molar-refractivity contribution is 0.407. The third kappa shape index (κ3) is 2.47. The summed E-state index contributed by atoms with van der Waals surface area (Å²) >= 11 is 0. The lowest BCUT2D eigenvalue weighted by Crippen LogP contribution is -1.93. The first-order valence-corrected chi connectivity index (χ1v) is 5.06. The molecule has 17 heavy (non-hydrogen) atoms. The van der Waals surface area contributed by atoms with Crippen molar-refractivity contribution in [3.8, 4) is 17.2 Å². The van der Waals surface area contributed by atoms with Crippen molar-refractivity contribution in [1.82, 2.24) is 0 Å². The first-order valence-electron chi connectivity index (χ1n) is 5.06. The van der Waals surface area contributed by atoms with Gasteiger partial charge in [0.2, 0.25) is 0 Å². The average Bonchev–Trinajstić information content (AvgIpc) is 2.34. The van der Waals surface area contributed by atoms with Crippen LogP contribution >= 0.6 is 0 Å². The molecule has 0 saturated carbocycles. The van der Waals surface area contributed by atoms with E-state index in [0.717, 1.165) is 0 Å². The molecule has 0 radical (unpaired) electrons. The zero-order valence-electron chi connectivity index (χ0n) is 9.31. The zero-order valence-corrected chi connectivity index (χ0v) is 9.31. The van der Waals surface area contributed by atoms with E-state index in [1.54, 1.807) is 36.4 Å². The molecule has 2 N–H and O–H groups in total. The molecular weight excluding hydrogens is 221 g/mol. The number of hydrogen-bond donors (Lipinski definition) is 1. The van der Waals surface area contributed by atoms with Gasteiger partial charge in [-0.25, -0.2) is 4.39 Å². The van der Waals surface area contributed by atoms with Gasteiger partial charge in [0.1, 0.15) is 11.5 Å². The molecule has 0 aromatic heterocycles. The minimum Gasteiger partial charge on any atom is -0.494 e. The minimum atomic E-state index is -0.414. The number of nitrogens with two attached hydrogens (primary N) is 1. The van der Waals surface area contributed by atoms with Gasteiger partial charge in [-0.15, -0.1) is 0 Å². The van der Waals surface area contributed by atoms with Crippen molar-refractivity contribution in [3.63, 3.8) is 0 Å². The van der Waals surface area contributed by atoms with E-state index in [-0.39, 0.29) is 5.75 Å². The Morgan fingerprint density at radius 2 is 1.82 bits per heavy atom. The smallest absolute Gasteiger partial charge is 0.165 e. The van der Waals surface area contributed by atoms with Gasteiger partial charge in [0.05, 0.1) is 12.8 Å². The topological polar surface area (TPSA) is 44.5 Å². The number of ether oxygens (including phenoxy) is 2. The summed E-state index contributed by atoms with van der Waals surface area (Å²) in [5, 5.41) is 0. The Kier molecular flexibility index (Phi) is 3.14. The number of rotatable bonds is 3. The van der Waals surface area contributed by atoms with E-state index in [1.165, 1.54) is 13.2 Å². The third-order valence-electron chi connectivity index (χ3n) is 2.27. The molecule has 0 saturated heterocycles. The van der Waals surface area contributed by atoms with Crippen molar-refractivity contribution in [3.05, 3.63) is 48.3 Å². The minimum absolute atomic E-state index is 0.166. The van der Waals surface area contributed by atoms with Gasteiger partial charge in [-0.1, -0.05) is 12.1 Å². The second kappa shape index (κ2) is 4.74. The van der Waals surface area contributed by atoms with Crippen LogP contribution in [0.1, 0.15) is 0 Å². The lowest BCUT2D eigenvalue weighted by Gasteiger charge is -2.09. The number of benzene rings is 2. The van der Waals surface area contributed by atoms with Crippen molar-refractivity contribution in [2.45, 2.75) is 0 Å². The first kappa shape index (κ1) is 11.3. The van der Waals surface area contributed by atoms with E-state index in [9.17, 15) is 4.39 Å². The molecule has 2 rings (SSSR count). The van der Waals surface area contributed by atoms with Crippen LogP contribution in [0, 0.1) is 5.82 Å². The summed E-state index contributed by atoms with van der Waals surface area (Å²) in [6, 6.07) is 11.1. The summed E-state index contributed by atoms with van der Waals surface area (Å²) in [5.41, 5.74) is 6.18. The maximum absolute atomic E-state index is 13.4. The normalized spacial score (nSPS) is 10.0. The third-order valence-corrected chi connectivity index (χ3v) is 2.27. The Bertz CT molecular complexity index is 529. The van der Waals surface area contributed by atoms with E-state index in [4.69, 9.17) is 15.2 Å². The fraction of sp³-hybridized carbons (Fsp3) is 0.0769. The molecule has 0 atom stereocenters. The van der Waals surface area contributed by atoms with Crippen LogP contribution in [0.3, 0.4) is 0 Å². The molecule has 2 aromatic rings. The number of nitrogen functional groups attached to an aromatic ring is 1. The molecule has 0 aliphatic rings. The molecule has 0 fully saturated rings. The molecule has 3 nitrogen and oxygen atoms in total. The average molecular weight is 233 g/mol. The quantitative estimate of drug-likeness (QED) is 0.828. The van der Waals surface area contributed by atoms with Crippen molar-refractivity contribution >= 4 is 5.69 Å². The van der Waals surface area contributed by atoms with Gasteiger partial charge in [-0.2, -0.15) is 0 Å². The maximum Gasteiger partial charge on any atom is 0.165 e. The number of hydrogen-bond acceptors (Lipinski definition) is 3. The molecule has 0 aliphatic carbocycles. The lowest BCUT2D eigenvalue weighted by atomic mass is 10.2. The van der Waals surface area contributed by atoms with Gasteiger partial charge in [-0.05, 0) is 24.3 Å². The Morgan fingerprint density at radius 1 is 1.06 bits per heavy atom. The summed E-state index contributed by atoms with van der Waals surface area (Å²) in [5.74, 6) is 0.725. The van der Waals surface area contributed by atoms with Crippen LogP contribution in [-0.4, -0.2) is 7.11 Å². The van der Waals surface area contributed by atoms with Gasteiger partial charge in [-0.3, -0.25) is 0 Å². The van der Waals surface area contributed by atoms with E-state index >= 15 is 0 Å². The monoisotopic (exact) mass is 233 g/mol. The molecule has 88 valence electrons. The van der Waals surface area contributed by atoms with E-state index in [2.05, 4.69) is 0 Å². The van der Waals surface area contributed by atoms with Gasteiger partial charge in [0, 0.05) is 6.07 Å². The molecule has 4 heteroatoms. The highest BCUT2D eigenvalue weighted by Crippen LogP contribution is 2.30.